The minimum Gasteiger partial charge on any atom is -0.477 e. The van der Waals surface area contributed by atoms with Crippen molar-refractivity contribution in [2.24, 2.45) is 0 Å². The van der Waals surface area contributed by atoms with Gasteiger partial charge in [0.2, 0.25) is 5.88 Å². The van der Waals surface area contributed by atoms with E-state index >= 15 is 0 Å². The van der Waals surface area contributed by atoms with Gasteiger partial charge in [-0.15, -0.1) is 11.3 Å². The van der Waals surface area contributed by atoms with Crippen molar-refractivity contribution in [1.82, 2.24) is 15.0 Å². The fourth-order valence-corrected chi connectivity index (χ4v) is 2.24. The molecule has 0 bridgehead atoms. The van der Waals surface area contributed by atoms with E-state index in [0.717, 1.165) is 5.01 Å². The second-order valence-corrected chi connectivity index (χ2v) is 4.73. The molecule has 0 saturated heterocycles. The first-order valence-corrected chi connectivity index (χ1v) is 6.93. The van der Waals surface area contributed by atoms with Crippen LogP contribution in [0.1, 0.15) is 22.4 Å². The highest BCUT2D eigenvalue weighted by Crippen LogP contribution is 2.12. The molecule has 0 aliphatic carbocycles. The predicted molar refractivity (Wildman–Crippen MR) is 74.5 cm³/mol. The molecule has 2 aromatic rings. The fourth-order valence-electron chi connectivity index (χ4n) is 1.47. The van der Waals surface area contributed by atoms with Gasteiger partial charge in [-0.05, 0) is 6.92 Å². The summed E-state index contributed by atoms with van der Waals surface area (Å²) in [7, 11) is 0. The molecule has 0 aliphatic heterocycles. The molecule has 0 saturated carbocycles. The molecule has 20 heavy (non-hydrogen) atoms. The number of anilines is 1. The number of nitrogens with zero attached hydrogens (tertiary/aromatic N) is 3. The fraction of sp³-hybridized carbons (Fsp3) is 0.333. The van der Waals surface area contributed by atoms with Crippen LogP contribution in [0.25, 0.3) is 0 Å². The van der Waals surface area contributed by atoms with Crippen LogP contribution in [0, 0.1) is 0 Å². The number of carboxylic acid groups (broad SMARTS) is 1. The normalized spacial score (nSPS) is 10.2. The molecule has 2 N–H and O–H groups in total. The first kappa shape index (κ1) is 14.2. The Bertz CT molecular complexity index is 588. The van der Waals surface area contributed by atoms with E-state index in [2.05, 4.69) is 20.3 Å². The lowest BCUT2D eigenvalue weighted by Gasteiger charge is -2.06. The summed E-state index contributed by atoms with van der Waals surface area (Å²) in [5.74, 6) is 0.0848. The van der Waals surface area contributed by atoms with Crippen LogP contribution in [0.5, 0.6) is 5.88 Å². The van der Waals surface area contributed by atoms with Crippen molar-refractivity contribution in [2.75, 3.05) is 18.5 Å². The van der Waals surface area contributed by atoms with Crippen molar-refractivity contribution in [1.29, 1.82) is 0 Å². The molecule has 7 nitrogen and oxygen atoms in total. The Hall–Kier alpha value is -2.22. The SMILES string of the molecule is CCOc1cncc(NCCc2nc(C(=O)O)cs2)n1. The number of thiazole rings is 1. The average Bonchev–Trinajstić information content (AvgIpc) is 2.89. The highest BCUT2D eigenvalue weighted by Gasteiger charge is 2.08. The van der Waals surface area contributed by atoms with Crippen LogP contribution in [0.4, 0.5) is 5.82 Å². The number of hydrogen-bond acceptors (Lipinski definition) is 7. The number of ether oxygens (including phenoxy) is 1. The molecule has 0 radical (unpaired) electrons. The van der Waals surface area contributed by atoms with Crippen LogP contribution >= 0.6 is 11.3 Å². The van der Waals surface area contributed by atoms with Crippen molar-refractivity contribution >= 4 is 23.1 Å². The summed E-state index contributed by atoms with van der Waals surface area (Å²) >= 11 is 1.33. The van der Waals surface area contributed by atoms with Crippen LogP contribution < -0.4 is 10.1 Å². The minimum absolute atomic E-state index is 0.0862. The van der Waals surface area contributed by atoms with E-state index in [1.807, 2.05) is 6.92 Å². The van der Waals surface area contributed by atoms with E-state index in [4.69, 9.17) is 9.84 Å². The van der Waals surface area contributed by atoms with Gasteiger partial charge in [-0.3, -0.25) is 4.98 Å². The summed E-state index contributed by atoms with van der Waals surface area (Å²) in [6.45, 7) is 3.01. The summed E-state index contributed by atoms with van der Waals surface area (Å²) in [4.78, 5) is 22.9. The zero-order chi connectivity index (χ0) is 14.4. The minimum atomic E-state index is -1.00. The molecule has 8 heteroatoms. The van der Waals surface area contributed by atoms with Crippen LogP contribution in [0.3, 0.4) is 0 Å². The van der Waals surface area contributed by atoms with Gasteiger partial charge in [0.25, 0.3) is 0 Å². The van der Waals surface area contributed by atoms with Crippen molar-refractivity contribution in [3.8, 4) is 5.88 Å². The van der Waals surface area contributed by atoms with Gasteiger partial charge in [0.1, 0.15) is 5.82 Å². The number of aromatic carboxylic acids is 1. The molecule has 2 rings (SSSR count). The van der Waals surface area contributed by atoms with Gasteiger partial charge in [-0.25, -0.2) is 9.78 Å². The zero-order valence-electron chi connectivity index (χ0n) is 10.9. The van der Waals surface area contributed by atoms with Crippen LogP contribution in [0.15, 0.2) is 17.8 Å². The van der Waals surface area contributed by atoms with Gasteiger partial charge in [-0.1, -0.05) is 0 Å². The molecule has 0 aliphatic rings. The smallest absolute Gasteiger partial charge is 0.355 e. The first-order valence-electron chi connectivity index (χ1n) is 6.05. The van der Waals surface area contributed by atoms with Gasteiger partial charge in [0.15, 0.2) is 5.69 Å². The van der Waals surface area contributed by atoms with Crippen LogP contribution in [0.2, 0.25) is 0 Å². The molecule has 0 fully saturated rings. The van der Waals surface area contributed by atoms with Gasteiger partial charge in [-0.2, -0.15) is 4.98 Å². The van der Waals surface area contributed by atoms with Gasteiger partial charge in [0, 0.05) is 18.3 Å². The number of rotatable bonds is 7. The molecule has 106 valence electrons. The maximum atomic E-state index is 10.7. The lowest BCUT2D eigenvalue weighted by atomic mass is 10.4. The van der Waals surface area contributed by atoms with Crippen molar-refractivity contribution in [3.63, 3.8) is 0 Å². The Morgan fingerprint density at radius 1 is 1.45 bits per heavy atom. The largest absolute Gasteiger partial charge is 0.477 e. The number of nitrogens with one attached hydrogen (secondary N) is 1. The standard InChI is InChI=1S/C12H14N4O3S/c1-2-19-10-6-13-5-9(16-10)14-4-3-11-15-8(7-20-11)12(17)18/h5-7H,2-4H2,1H3,(H,14,16)(H,17,18). The van der Waals surface area contributed by atoms with E-state index in [1.54, 1.807) is 12.4 Å². The third-order valence-corrected chi connectivity index (χ3v) is 3.23. The molecule has 0 spiro atoms. The van der Waals surface area contributed by atoms with Gasteiger partial charge >= 0.3 is 5.97 Å². The number of carbonyl (C=O) groups is 1. The lowest BCUT2D eigenvalue weighted by molar-refractivity contribution is 0.0691. The zero-order valence-corrected chi connectivity index (χ0v) is 11.7. The molecule has 0 aromatic carbocycles. The highest BCUT2D eigenvalue weighted by atomic mass is 32.1. The topological polar surface area (TPSA) is 97.2 Å². The second kappa shape index (κ2) is 6.80. The van der Waals surface area contributed by atoms with Crippen molar-refractivity contribution < 1.29 is 14.6 Å². The molecular weight excluding hydrogens is 280 g/mol. The summed E-state index contributed by atoms with van der Waals surface area (Å²) in [6.07, 6.45) is 3.78. The Morgan fingerprint density at radius 3 is 3.00 bits per heavy atom. The summed E-state index contributed by atoms with van der Waals surface area (Å²) < 4.78 is 5.25. The average molecular weight is 294 g/mol. The van der Waals surface area contributed by atoms with E-state index in [0.29, 0.717) is 31.3 Å². The molecule has 0 atom stereocenters. The van der Waals surface area contributed by atoms with E-state index in [1.165, 1.54) is 16.7 Å². The monoisotopic (exact) mass is 294 g/mol. The van der Waals surface area contributed by atoms with E-state index in [-0.39, 0.29) is 5.69 Å². The first-order chi connectivity index (χ1) is 9.69. The molecule has 0 amide bonds. The van der Waals surface area contributed by atoms with Crippen molar-refractivity contribution in [2.45, 2.75) is 13.3 Å². The highest BCUT2D eigenvalue weighted by molar-refractivity contribution is 7.09. The van der Waals surface area contributed by atoms with Gasteiger partial charge in [0.05, 0.1) is 24.0 Å². The molecule has 2 heterocycles. The number of hydrogen-bond donors (Lipinski definition) is 2. The summed E-state index contributed by atoms with van der Waals surface area (Å²) in [5, 5.41) is 14.2. The third kappa shape index (κ3) is 3.89. The quantitative estimate of drug-likeness (QED) is 0.801. The number of aromatic nitrogens is 3. The second-order valence-electron chi connectivity index (χ2n) is 3.78. The summed E-state index contributed by atoms with van der Waals surface area (Å²) in [5.41, 5.74) is 0.0862. The van der Waals surface area contributed by atoms with E-state index in [9.17, 15) is 4.79 Å². The van der Waals surface area contributed by atoms with Crippen LogP contribution in [-0.2, 0) is 6.42 Å². The van der Waals surface area contributed by atoms with Crippen LogP contribution in [-0.4, -0.2) is 39.2 Å². The Kier molecular flexibility index (Phi) is 4.83. The maximum Gasteiger partial charge on any atom is 0.355 e. The lowest BCUT2D eigenvalue weighted by Crippen LogP contribution is -2.07. The molecule has 2 aromatic heterocycles. The molecular formula is C12H14N4O3S. The van der Waals surface area contributed by atoms with E-state index < -0.39 is 5.97 Å². The third-order valence-electron chi connectivity index (χ3n) is 2.32. The summed E-state index contributed by atoms with van der Waals surface area (Å²) in [6, 6.07) is 0. The number of carboxylic acids is 1. The maximum absolute atomic E-state index is 10.7. The Labute approximate surface area is 119 Å². The Balaban J connectivity index is 1.85. The van der Waals surface area contributed by atoms with Gasteiger partial charge < -0.3 is 15.2 Å². The Morgan fingerprint density at radius 2 is 2.30 bits per heavy atom. The predicted octanol–water partition coefficient (Wildman–Crippen LogP) is 1.68. The van der Waals surface area contributed by atoms with Crippen molar-refractivity contribution in [3.05, 3.63) is 28.5 Å². The molecule has 0 unspecified atom stereocenters.